The number of pyridine rings is 1. The first kappa shape index (κ1) is 18.3. The summed E-state index contributed by atoms with van der Waals surface area (Å²) in [5, 5.41) is 4.48. The van der Waals surface area contributed by atoms with Crippen LogP contribution >= 0.6 is 0 Å². The van der Waals surface area contributed by atoms with Gasteiger partial charge in [-0.3, -0.25) is 9.48 Å². The van der Waals surface area contributed by atoms with Crippen LogP contribution in [0.1, 0.15) is 54.6 Å². The molecule has 3 aromatic rings. The molecular formula is C22H23FN4O. The average Bonchev–Trinajstić information content (AvgIpc) is 3.43. The van der Waals surface area contributed by atoms with Crippen molar-refractivity contribution in [2.24, 2.45) is 5.73 Å². The van der Waals surface area contributed by atoms with E-state index in [1.807, 2.05) is 10.7 Å². The summed E-state index contributed by atoms with van der Waals surface area (Å²) in [6.45, 7) is 2.11. The molecule has 2 N–H and O–H groups in total. The van der Waals surface area contributed by atoms with Gasteiger partial charge in [-0.1, -0.05) is 13.3 Å². The zero-order chi connectivity index (χ0) is 19.7. The van der Waals surface area contributed by atoms with Crippen LogP contribution in [0.5, 0.6) is 0 Å². The van der Waals surface area contributed by atoms with Crippen molar-refractivity contribution in [3.05, 3.63) is 59.5 Å². The molecule has 0 bridgehead atoms. The summed E-state index contributed by atoms with van der Waals surface area (Å²) in [4.78, 5) is 17.2. The molecule has 0 spiro atoms. The molecule has 0 radical (unpaired) electrons. The number of primary amides is 1. The van der Waals surface area contributed by atoms with Crippen molar-refractivity contribution < 1.29 is 9.18 Å². The highest BCUT2D eigenvalue weighted by molar-refractivity contribution is 5.97. The zero-order valence-corrected chi connectivity index (χ0v) is 15.9. The minimum atomic E-state index is -0.476. The molecule has 1 saturated carbocycles. The molecule has 0 saturated heterocycles. The molecular weight excluding hydrogens is 355 g/mol. The number of unbranched alkanes of at least 4 members (excludes halogenated alkanes) is 1. The van der Waals surface area contributed by atoms with Crippen molar-refractivity contribution in [3.63, 3.8) is 0 Å². The molecule has 0 atom stereocenters. The van der Waals surface area contributed by atoms with Crippen LogP contribution in [0.2, 0.25) is 0 Å². The van der Waals surface area contributed by atoms with Crippen molar-refractivity contribution in [1.82, 2.24) is 14.8 Å². The first-order valence-corrected chi connectivity index (χ1v) is 9.72. The Bertz CT molecular complexity index is 1010. The van der Waals surface area contributed by atoms with E-state index in [4.69, 9.17) is 10.7 Å². The molecule has 1 fully saturated rings. The number of aromatic nitrogens is 3. The van der Waals surface area contributed by atoms with E-state index in [1.54, 1.807) is 24.4 Å². The van der Waals surface area contributed by atoms with Gasteiger partial charge in [-0.15, -0.1) is 0 Å². The fraction of sp³-hybridized carbons (Fsp3) is 0.318. The molecule has 1 amide bonds. The molecule has 2 aromatic heterocycles. The lowest BCUT2D eigenvalue weighted by molar-refractivity contribution is 0.0999. The maximum Gasteiger partial charge on any atom is 0.249 e. The van der Waals surface area contributed by atoms with Gasteiger partial charge in [0.15, 0.2) is 0 Å². The number of hydrogen-bond acceptors (Lipinski definition) is 3. The van der Waals surface area contributed by atoms with Gasteiger partial charge in [-0.05, 0) is 67.6 Å². The fourth-order valence-electron chi connectivity index (χ4n) is 3.49. The summed E-state index contributed by atoms with van der Waals surface area (Å²) in [6, 6.07) is 10.2. The van der Waals surface area contributed by atoms with Crippen LogP contribution in [0.3, 0.4) is 0 Å². The first-order valence-electron chi connectivity index (χ1n) is 9.72. The highest BCUT2D eigenvalue weighted by Crippen LogP contribution is 2.39. The van der Waals surface area contributed by atoms with Crippen LogP contribution in [0, 0.1) is 5.82 Å². The van der Waals surface area contributed by atoms with Gasteiger partial charge in [0, 0.05) is 17.3 Å². The molecule has 1 aliphatic rings. The number of carbonyl (C=O) groups is 1. The van der Waals surface area contributed by atoms with Gasteiger partial charge < -0.3 is 5.73 Å². The molecule has 144 valence electrons. The number of nitrogens with two attached hydrogens (primary N) is 1. The third-order valence-electron chi connectivity index (χ3n) is 5.12. The van der Waals surface area contributed by atoms with E-state index >= 15 is 0 Å². The van der Waals surface area contributed by atoms with Crippen LogP contribution in [0.4, 0.5) is 4.39 Å². The van der Waals surface area contributed by atoms with Gasteiger partial charge in [0.1, 0.15) is 5.82 Å². The third-order valence-corrected chi connectivity index (χ3v) is 5.12. The van der Waals surface area contributed by atoms with E-state index < -0.39 is 5.91 Å². The Hall–Kier alpha value is -3.02. The molecule has 0 unspecified atom stereocenters. The Kier molecular flexibility index (Phi) is 4.94. The van der Waals surface area contributed by atoms with E-state index in [1.165, 1.54) is 12.1 Å². The van der Waals surface area contributed by atoms with Gasteiger partial charge in [-0.2, -0.15) is 5.10 Å². The third kappa shape index (κ3) is 3.54. The summed E-state index contributed by atoms with van der Waals surface area (Å²) >= 11 is 0. The normalized spacial score (nSPS) is 13.6. The molecule has 1 aromatic carbocycles. The number of rotatable bonds is 7. The van der Waals surface area contributed by atoms with Crippen LogP contribution in [-0.2, 0) is 6.42 Å². The minimum Gasteiger partial charge on any atom is -0.366 e. The smallest absolute Gasteiger partial charge is 0.249 e. The van der Waals surface area contributed by atoms with Gasteiger partial charge >= 0.3 is 0 Å². The summed E-state index contributed by atoms with van der Waals surface area (Å²) in [6.07, 6.45) is 6.62. The number of benzene rings is 1. The van der Waals surface area contributed by atoms with Crippen LogP contribution in [0.15, 0.2) is 42.6 Å². The van der Waals surface area contributed by atoms with Crippen LogP contribution in [0.25, 0.3) is 22.6 Å². The number of amides is 1. The fourth-order valence-corrected chi connectivity index (χ4v) is 3.49. The van der Waals surface area contributed by atoms with Crippen molar-refractivity contribution in [3.8, 4) is 22.6 Å². The van der Waals surface area contributed by atoms with E-state index in [0.717, 1.165) is 54.6 Å². The predicted octanol–water partition coefficient (Wildman–Crippen LogP) is 4.53. The van der Waals surface area contributed by atoms with E-state index in [2.05, 4.69) is 12.0 Å². The van der Waals surface area contributed by atoms with E-state index in [0.29, 0.717) is 17.3 Å². The summed E-state index contributed by atoms with van der Waals surface area (Å²) < 4.78 is 15.4. The molecule has 0 aliphatic heterocycles. The summed E-state index contributed by atoms with van der Waals surface area (Å²) in [5.74, 6) is -0.791. The first-order chi connectivity index (χ1) is 13.6. The maximum atomic E-state index is 13.4. The molecule has 1 aliphatic carbocycles. The lowest BCUT2D eigenvalue weighted by Gasteiger charge is -2.16. The molecule has 6 heteroatoms. The number of halogens is 1. The van der Waals surface area contributed by atoms with Crippen LogP contribution in [-0.4, -0.2) is 20.7 Å². The zero-order valence-electron chi connectivity index (χ0n) is 15.9. The summed E-state index contributed by atoms with van der Waals surface area (Å²) in [5.41, 5.74) is 10.1. The molecule has 28 heavy (non-hydrogen) atoms. The largest absolute Gasteiger partial charge is 0.366 e. The molecule has 2 heterocycles. The second-order valence-electron chi connectivity index (χ2n) is 7.25. The van der Waals surface area contributed by atoms with Crippen molar-refractivity contribution in [1.29, 1.82) is 0 Å². The number of hydrogen-bond donors (Lipinski definition) is 1. The SMILES string of the molecule is CCCCc1c(C(N)=O)cc(-c2ccc(F)cc2)nc1-c1ccnn1C1CC1. The van der Waals surface area contributed by atoms with Gasteiger partial charge in [0.05, 0.1) is 23.1 Å². The number of carbonyl (C=O) groups excluding carboxylic acids is 1. The lowest BCUT2D eigenvalue weighted by atomic mass is 9.96. The predicted molar refractivity (Wildman–Crippen MR) is 106 cm³/mol. The second kappa shape index (κ2) is 7.54. The van der Waals surface area contributed by atoms with Crippen molar-refractivity contribution in [2.45, 2.75) is 45.1 Å². The van der Waals surface area contributed by atoms with Gasteiger partial charge in [0.2, 0.25) is 5.91 Å². The summed E-state index contributed by atoms with van der Waals surface area (Å²) in [7, 11) is 0. The van der Waals surface area contributed by atoms with Crippen molar-refractivity contribution >= 4 is 5.91 Å². The monoisotopic (exact) mass is 378 g/mol. The van der Waals surface area contributed by atoms with E-state index in [-0.39, 0.29) is 5.82 Å². The Morgan fingerprint density at radius 2 is 2.00 bits per heavy atom. The topological polar surface area (TPSA) is 73.8 Å². The maximum absolute atomic E-state index is 13.4. The highest BCUT2D eigenvalue weighted by Gasteiger charge is 2.28. The van der Waals surface area contributed by atoms with E-state index in [9.17, 15) is 9.18 Å². The van der Waals surface area contributed by atoms with Crippen molar-refractivity contribution in [2.75, 3.05) is 0 Å². The van der Waals surface area contributed by atoms with Gasteiger partial charge in [0.25, 0.3) is 0 Å². The molecule has 4 rings (SSSR count). The quantitative estimate of drug-likeness (QED) is 0.656. The Morgan fingerprint density at radius 3 is 2.64 bits per heavy atom. The Labute approximate surface area is 163 Å². The van der Waals surface area contributed by atoms with Gasteiger partial charge in [-0.25, -0.2) is 9.37 Å². The second-order valence-corrected chi connectivity index (χ2v) is 7.25. The molecule has 5 nitrogen and oxygen atoms in total. The highest BCUT2D eigenvalue weighted by atomic mass is 19.1. The number of nitrogens with zero attached hydrogens (tertiary/aromatic N) is 3. The Balaban J connectivity index is 1.93. The Morgan fingerprint density at radius 1 is 1.25 bits per heavy atom. The average molecular weight is 378 g/mol. The lowest BCUT2D eigenvalue weighted by Crippen LogP contribution is -2.16. The standard InChI is InChI=1S/C22H23FN4O/c1-2-3-4-17-18(22(24)28)13-19(14-5-7-15(23)8-6-14)26-21(17)20-11-12-25-27(20)16-9-10-16/h5-8,11-13,16H,2-4,9-10H2,1H3,(H2,24,28). The minimum absolute atomic E-state index is 0.314. The van der Waals surface area contributed by atoms with Crippen LogP contribution < -0.4 is 5.73 Å².